The number of hydrogen-bond acceptors (Lipinski definition) is 6. The van der Waals surface area contributed by atoms with Crippen LogP contribution in [0.3, 0.4) is 0 Å². The van der Waals surface area contributed by atoms with Gasteiger partial charge in [0.25, 0.3) is 5.69 Å². The summed E-state index contributed by atoms with van der Waals surface area (Å²) >= 11 is 0. The first kappa shape index (κ1) is 16.2. The second kappa shape index (κ2) is 6.45. The van der Waals surface area contributed by atoms with Crippen LogP contribution in [0.4, 0.5) is 11.4 Å². The quantitative estimate of drug-likeness (QED) is 0.432. The zero-order valence-electron chi connectivity index (χ0n) is 13.6. The third-order valence-corrected chi connectivity index (χ3v) is 3.66. The second-order valence-electron chi connectivity index (χ2n) is 5.53. The van der Waals surface area contributed by atoms with Gasteiger partial charge in [-0.1, -0.05) is 18.2 Å². The summed E-state index contributed by atoms with van der Waals surface area (Å²) in [6, 6.07) is 12.5. The Morgan fingerprint density at radius 3 is 2.80 bits per heavy atom. The van der Waals surface area contributed by atoms with Crippen LogP contribution in [-0.4, -0.2) is 9.91 Å². The van der Waals surface area contributed by atoms with Gasteiger partial charge in [-0.15, -0.1) is 0 Å². The molecule has 0 atom stereocenters. The molecule has 0 unspecified atom stereocenters. The molecule has 0 aliphatic carbocycles. The van der Waals surface area contributed by atoms with E-state index in [9.17, 15) is 15.4 Å². The van der Waals surface area contributed by atoms with Crippen molar-refractivity contribution in [3.63, 3.8) is 0 Å². The van der Waals surface area contributed by atoms with Crippen molar-refractivity contribution in [3.8, 4) is 6.07 Å². The molecule has 0 radical (unpaired) electrons. The maximum atomic E-state index is 11.3. The fraction of sp³-hybridized carbons (Fsp3) is 0.111. The third kappa shape index (κ3) is 3.19. The number of nitro benzene ring substituents is 1. The van der Waals surface area contributed by atoms with E-state index in [1.165, 1.54) is 12.3 Å². The molecule has 7 nitrogen and oxygen atoms in total. The number of fused-ring (bicyclic) bond motifs is 1. The molecule has 1 heterocycles. The van der Waals surface area contributed by atoms with E-state index in [-0.39, 0.29) is 17.2 Å². The zero-order valence-corrected chi connectivity index (χ0v) is 13.6. The number of benzene rings is 2. The number of anilines is 1. The summed E-state index contributed by atoms with van der Waals surface area (Å²) in [5.74, 6) is 0.156. The monoisotopic (exact) mass is 334 g/mol. The number of nitrogens with zero attached hydrogens (tertiary/aromatic N) is 3. The first-order valence-electron chi connectivity index (χ1n) is 7.48. The fourth-order valence-electron chi connectivity index (χ4n) is 2.55. The summed E-state index contributed by atoms with van der Waals surface area (Å²) in [4.78, 5) is 15.1. The van der Waals surface area contributed by atoms with Gasteiger partial charge in [0.1, 0.15) is 22.8 Å². The highest BCUT2D eigenvalue weighted by atomic mass is 16.6. The largest absolute Gasteiger partial charge is 0.435 e. The van der Waals surface area contributed by atoms with Crippen molar-refractivity contribution >= 4 is 28.0 Å². The number of rotatable bonds is 4. The van der Waals surface area contributed by atoms with E-state index < -0.39 is 4.92 Å². The SMILES string of the molecule is Cc1cc(C)c(NC=C(C#N)c2nc3ccccc3o2)c([N+](=O)[O-])c1. The van der Waals surface area contributed by atoms with Crippen LogP contribution in [0, 0.1) is 35.3 Å². The molecule has 2 aromatic carbocycles. The third-order valence-electron chi connectivity index (χ3n) is 3.66. The van der Waals surface area contributed by atoms with E-state index in [1.54, 1.807) is 26.0 Å². The molecular formula is C18H14N4O3. The van der Waals surface area contributed by atoms with Gasteiger partial charge in [-0.2, -0.15) is 5.26 Å². The highest BCUT2D eigenvalue weighted by Gasteiger charge is 2.17. The second-order valence-corrected chi connectivity index (χ2v) is 5.53. The van der Waals surface area contributed by atoms with Crippen molar-refractivity contribution in [1.82, 2.24) is 4.98 Å². The molecule has 0 amide bonds. The molecule has 0 fully saturated rings. The maximum Gasteiger partial charge on any atom is 0.293 e. The lowest BCUT2D eigenvalue weighted by Gasteiger charge is -2.08. The molecule has 25 heavy (non-hydrogen) atoms. The van der Waals surface area contributed by atoms with Crippen LogP contribution in [0.2, 0.25) is 0 Å². The molecule has 1 N–H and O–H groups in total. The van der Waals surface area contributed by atoms with E-state index in [1.807, 2.05) is 24.3 Å². The van der Waals surface area contributed by atoms with Crippen molar-refractivity contribution in [2.75, 3.05) is 5.32 Å². The van der Waals surface area contributed by atoms with E-state index in [0.717, 1.165) is 5.56 Å². The lowest BCUT2D eigenvalue weighted by atomic mass is 10.1. The first-order valence-corrected chi connectivity index (χ1v) is 7.48. The minimum atomic E-state index is -0.457. The zero-order chi connectivity index (χ0) is 18.0. The van der Waals surface area contributed by atoms with E-state index >= 15 is 0 Å². The summed E-state index contributed by atoms with van der Waals surface area (Å²) in [6.07, 6.45) is 1.37. The molecule has 0 aliphatic rings. The number of oxazole rings is 1. The molecule has 124 valence electrons. The number of nitrogens with one attached hydrogen (secondary N) is 1. The Hall–Kier alpha value is -3.66. The fourth-order valence-corrected chi connectivity index (χ4v) is 2.55. The number of nitriles is 1. The summed E-state index contributed by atoms with van der Waals surface area (Å²) in [5, 5.41) is 23.5. The number of aryl methyl sites for hydroxylation is 2. The summed E-state index contributed by atoms with van der Waals surface area (Å²) < 4.78 is 5.56. The Kier molecular flexibility index (Phi) is 4.18. The van der Waals surface area contributed by atoms with Crippen LogP contribution in [0.15, 0.2) is 47.0 Å². The Bertz CT molecular complexity index is 1010. The highest BCUT2D eigenvalue weighted by Crippen LogP contribution is 2.30. The average Bonchev–Trinajstić information content (AvgIpc) is 3.00. The number of hydrogen-bond donors (Lipinski definition) is 1. The van der Waals surface area contributed by atoms with Crippen LogP contribution >= 0.6 is 0 Å². The molecule has 0 saturated carbocycles. The molecule has 3 aromatic rings. The average molecular weight is 334 g/mol. The van der Waals surface area contributed by atoms with Gasteiger partial charge >= 0.3 is 0 Å². The number of nitro groups is 1. The number of aromatic nitrogens is 1. The number of para-hydroxylation sites is 2. The van der Waals surface area contributed by atoms with Crippen molar-refractivity contribution < 1.29 is 9.34 Å². The number of allylic oxidation sites excluding steroid dienone is 1. The van der Waals surface area contributed by atoms with Gasteiger partial charge in [-0.25, -0.2) is 4.98 Å². The minimum Gasteiger partial charge on any atom is -0.435 e. The van der Waals surface area contributed by atoms with Crippen molar-refractivity contribution in [2.24, 2.45) is 0 Å². The molecule has 3 rings (SSSR count). The predicted octanol–water partition coefficient (Wildman–Crippen LogP) is 4.33. The molecule has 0 aliphatic heterocycles. The van der Waals surface area contributed by atoms with Crippen LogP contribution < -0.4 is 5.32 Å². The van der Waals surface area contributed by atoms with Crippen LogP contribution in [0.1, 0.15) is 17.0 Å². The Labute approximate surface area is 143 Å². The molecular weight excluding hydrogens is 320 g/mol. The summed E-state index contributed by atoms with van der Waals surface area (Å²) in [6.45, 7) is 3.56. The van der Waals surface area contributed by atoms with Gasteiger partial charge in [0.05, 0.1) is 4.92 Å². The van der Waals surface area contributed by atoms with E-state index in [4.69, 9.17) is 4.42 Å². The predicted molar refractivity (Wildman–Crippen MR) is 93.8 cm³/mol. The van der Waals surface area contributed by atoms with Crippen LogP contribution in [0.5, 0.6) is 0 Å². The van der Waals surface area contributed by atoms with Crippen LogP contribution in [0.25, 0.3) is 16.7 Å². The van der Waals surface area contributed by atoms with Crippen molar-refractivity contribution in [3.05, 3.63) is 69.7 Å². The summed E-state index contributed by atoms with van der Waals surface area (Å²) in [7, 11) is 0. The smallest absolute Gasteiger partial charge is 0.293 e. The first-order chi connectivity index (χ1) is 12.0. The lowest BCUT2D eigenvalue weighted by Crippen LogP contribution is -2.00. The van der Waals surface area contributed by atoms with Crippen molar-refractivity contribution in [2.45, 2.75) is 13.8 Å². The molecule has 0 spiro atoms. The highest BCUT2D eigenvalue weighted by molar-refractivity contribution is 5.81. The van der Waals surface area contributed by atoms with Crippen LogP contribution in [-0.2, 0) is 0 Å². The van der Waals surface area contributed by atoms with Gasteiger partial charge in [0.2, 0.25) is 5.89 Å². The standard InChI is InChI=1S/C18H14N4O3/c1-11-7-12(2)17(15(8-11)22(23)24)20-10-13(9-19)18-21-14-5-3-4-6-16(14)25-18/h3-8,10,20H,1-2H3. The Morgan fingerprint density at radius 1 is 1.36 bits per heavy atom. The topological polar surface area (TPSA) is 105 Å². The lowest BCUT2D eigenvalue weighted by molar-refractivity contribution is -0.384. The van der Waals surface area contributed by atoms with Gasteiger partial charge in [0.15, 0.2) is 5.58 Å². The Morgan fingerprint density at radius 2 is 2.12 bits per heavy atom. The van der Waals surface area contributed by atoms with Crippen molar-refractivity contribution in [1.29, 1.82) is 5.26 Å². The normalized spacial score (nSPS) is 11.3. The molecule has 7 heteroatoms. The van der Waals surface area contributed by atoms with Gasteiger partial charge in [-0.05, 0) is 37.1 Å². The van der Waals surface area contributed by atoms with E-state index in [2.05, 4.69) is 10.3 Å². The van der Waals surface area contributed by atoms with Gasteiger partial charge in [0, 0.05) is 12.3 Å². The van der Waals surface area contributed by atoms with E-state index in [0.29, 0.717) is 22.4 Å². The Balaban J connectivity index is 2.00. The molecule has 0 saturated heterocycles. The maximum absolute atomic E-state index is 11.3. The molecule has 1 aromatic heterocycles. The molecule has 0 bridgehead atoms. The van der Waals surface area contributed by atoms with Gasteiger partial charge < -0.3 is 9.73 Å². The minimum absolute atomic E-state index is 0.0522. The van der Waals surface area contributed by atoms with Gasteiger partial charge in [-0.3, -0.25) is 10.1 Å². The summed E-state index contributed by atoms with van der Waals surface area (Å²) in [5.41, 5.74) is 3.12.